The molecule has 1 aromatic heterocycles. The fourth-order valence-corrected chi connectivity index (χ4v) is 1.75. The van der Waals surface area contributed by atoms with E-state index >= 15 is 0 Å². The molecule has 1 aliphatic heterocycles. The molecule has 1 N–H and O–H groups in total. The van der Waals surface area contributed by atoms with Crippen LogP contribution in [-0.4, -0.2) is 35.8 Å². The van der Waals surface area contributed by atoms with Crippen molar-refractivity contribution in [3.05, 3.63) is 18.1 Å². The van der Waals surface area contributed by atoms with Crippen LogP contribution in [0.4, 0.5) is 5.82 Å². The second-order valence-electron chi connectivity index (χ2n) is 4.05. The maximum absolute atomic E-state index is 5.77. The molecule has 0 saturated carbocycles. The Morgan fingerprint density at radius 1 is 1.35 bits per heavy atom. The van der Waals surface area contributed by atoms with Crippen molar-refractivity contribution >= 4 is 5.82 Å². The van der Waals surface area contributed by atoms with Crippen LogP contribution in [0.3, 0.4) is 0 Å². The van der Waals surface area contributed by atoms with Crippen LogP contribution in [0.1, 0.15) is 25.5 Å². The largest absolute Gasteiger partial charge is 0.381 e. The van der Waals surface area contributed by atoms with Gasteiger partial charge < -0.3 is 14.8 Å². The number of ether oxygens (including phenoxy) is 2. The summed E-state index contributed by atoms with van der Waals surface area (Å²) in [5.41, 5.74) is 0.873. The monoisotopic (exact) mass is 237 g/mol. The van der Waals surface area contributed by atoms with Crippen LogP contribution in [-0.2, 0) is 16.1 Å². The van der Waals surface area contributed by atoms with Crippen molar-refractivity contribution in [2.45, 2.75) is 32.5 Å². The summed E-state index contributed by atoms with van der Waals surface area (Å²) in [6, 6.07) is 0. The van der Waals surface area contributed by atoms with E-state index in [2.05, 4.69) is 15.3 Å². The second-order valence-corrected chi connectivity index (χ2v) is 4.05. The Bertz CT molecular complexity index is 323. The summed E-state index contributed by atoms with van der Waals surface area (Å²) in [6.07, 6.45) is 5.76. The molecular formula is C12H19N3O2. The van der Waals surface area contributed by atoms with Gasteiger partial charge in [0.15, 0.2) is 0 Å². The maximum atomic E-state index is 5.77. The van der Waals surface area contributed by atoms with Gasteiger partial charge in [-0.05, 0) is 19.8 Å². The summed E-state index contributed by atoms with van der Waals surface area (Å²) >= 11 is 0. The topological polar surface area (TPSA) is 56.3 Å². The summed E-state index contributed by atoms with van der Waals surface area (Å²) < 4.78 is 11.0. The fraction of sp³-hybridized carbons (Fsp3) is 0.667. The normalized spacial score (nSPS) is 17.0. The summed E-state index contributed by atoms with van der Waals surface area (Å²) in [4.78, 5) is 8.55. The van der Waals surface area contributed by atoms with Gasteiger partial charge >= 0.3 is 0 Å². The molecule has 1 saturated heterocycles. The minimum atomic E-state index is 0.305. The molecule has 2 heterocycles. The first-order valence-electron chi connectivity index (χ1n) is 6.12. The number of nitrogens with zero attached hydrogens (tertiary/aromatic N) is 2. The minimum absolute atomic E-state index is 0.305. The van der Waals surface area contributed by atoms with Gasteiger partial charge in [-0.3, -0.25) is 4.98 Å². The lowest BCUT2D eigenvalue weighted by Gasteiger charge is -2.22. The highest BCUT2D eigenvalue weighted by Crippen LogP contribution is 2.12. The first-order valence-corrected chi connectivity index (χ1v) is 6.12. The van der Waals surface area contributed by atoms with Gasteiger partial charge in [-0.2, -0.15) is 0 Å². The molecule has 0 atom stereocenters. The van der Waals surface area contributed by atoms with Crippen molar-refractivity contribution in [2.75, 3.05) is 25.1 Å². The molecule has 17 heavy (non-hydrogen) atoms. The molecule has 0 aromatic carbocycles. The van der Waals surface area contributed by atoms with Crippen LogP contribution in [0, 0.1) is 0 Å². The quantitative estimate of drug-likeness (QED) is 0.843. The zero-order chi connectivity index (χ0) is 11.9. The SMILES string of the molecule is CCNc1cnc(COC2CCOCC2)cn1. The Morgan fingerprint density at radius 3 is 2.82 bits per heavy atom. The van der Waals surface area contributed by atoms with E-state index in [1.165, 1.54) is 0 Å². The highest BCUT2D eigenvalue weighted by Gasteiger charge is 2.14. The molecule has 0 unspecified atom stereocenters. The zero-order valence-corrected chi connectivity index (χ0v) is 10.2. The van der Waals surface area contributed by atoms with Gasteiger partial charge in [0.2, 0.25) is 0 Å². The number of hydrogen-bond acceptors (Lipinski definition) is 5. The van der Waals surface area contributed by atoms with Gasteiger partial charge in [0.1, 0.15) is 5.82 Å². The maximum Gasteiger partial charge on any atom is 0.144 e. The Kier molecular flexibility index (Phi) is 4.70. The van der Waals surface area contributed by atoms with Crippen LogP contribution >= 0.6 is 0 Å². The third-order valence-corrected chi connectivity index (χ3v) is 2.70. The molecular weight excluding hydrogens is 218 g/mol. The Morgan fingerprint density at radius 2 is 2.18 bits per heavy atom. The number of anilines is 1. The van der Waals surface area contributed by atoms with Crippen molar-refractivity contribution in [3.63, 3.8) is 0 Å². The lowest BCUT2D eigenvalue weighted by molar-refractivity contribution is -0.0400. The van der Waals surface area contributed by atoms with E-state index in [4.69, 9.17) is 9.47 Å². The second kappa shape index (κ2) is 6.51. The summed E-state index contributed by atoms with van der Waals surface area (Å²) in [7, 11) is 0. The van der Waals surface area contributed by atoms with E-state index in [0.717, 1.165) is 44.1 Å². The zero-order valence-electron chi connectivity index (χ0n) is 10.2. The van der Waals surface area contributed by atoms with Crippen molar-refractivity contribution in [1.29, 1.82) is 0 Å². The molecule has 1 aliphatic rings. The molecule has 5 nitrogen and oxygen atoms in total. The number of nitrogens with one attached hydrogen (secondary N) is 1. The Labute approximate surface area is 102 Å². The molecule has 1 aromatic rings. The van der Waals surface area contributed by atoms with Crippen molar-refractivity contribution in [3.8, 4) is 0 Å². The molecule has 2 rings (SSSR count). The number of hydrogen-bond donors (Lipinski definition) is 1. The van der Waals surface area contributed by atoms with Gasteiger partial charge in [-0.1, -0.05) is 0 Å². The molecule has 1 fully saturated rings. The predicted molar refractivity (Wildman–Crippen MR) is 64.8 cm³/mol. The Balaban J connectivity index is 1.77. The van der Waals surface area contributed by atoms with Crippen molar-refractivity contribution in [2.24, 2.45) is 0 Å². The smallest absolute Gasteiger partial charge is 0.144 e. The molecule has 5 heteroatoms. The first kappa shape index (κ1) is 12.3. The van der Waals surface area contributed by atoms with Gasteiger partial charge in [-0.25, -0.2) is 4.98 Å². The van der Waals surface area contributed by atoms with Gasteiger partial charge in [0.05, 0.1) is 30.8 Å². The highest BCUT2D eigenvalue weighted by atomic mass is 16.5. The molecule has 0 amide bonds. The summed E-state index contributed by atoms with van der Waals surface area (Å²) in [5, 5.41) is 3.11. The highest BCUT2D eigenvalue weighted by molar-refractivity contribution is 5.30. The average Bonchev–Trinajstić information content (AvgIpc) is 2.40. The molecule has 0 bridgehead atoms. The predicted octanol–water partition coefficient (Wildman–Crippen LogP) is 1.60. The molecule has 0 radical (unpaired) electrons. The van der Waals surface area contributed by atoms with Crippen LogP contribution in [0.2, 0.25) is 0 Å². The summed E-state index contributed by atoms with van der Waals surface area (Å²) in [5.74, 6) is 0.808. The number of rotatable bonds is 5. The van der Waals surface area contributed by atoms with E-state index < -0.39 is 0 Å². The van der Waals surface area contributed by atoms with Crippen LogP contribution < -0.4 is 5.32 Å². The molecule has 0 spiro atoms. The van der Waals surface area contributed by atoms with Crippen molar-refractivity contribution < 1.29 is 9.47 Å². The third kappa shape index (κ3) is 3.94. The van der Waals surface area contributed by atoms with E-state index in [-0.39, 0.29) is 0 Å². The van der Waals surface area contributed by atoms with Gasteiger partial charge in [-0.15, -0.1) is 0 Å². The van der Waals surface area contributed by atoms with Crippen LogP contribution in [0.5, 0.6) is 0 Å². The first-order chi connectivity index (χ1) is 8.38. The van der Waals surface area contributed by atoms with Gasteiger partial charge in [0.25, 0.3) is 0 Å². The standard InChI is InChI=1S/C12H19N3O2/c1-2-13-12-8-14-10(7-15-12)9-17-11-3-5-16-6-4-11/h7-8,11H,2-6,9H2,1H3,(H,13,15). The third-order valence-electron chi connectivity index (χ3n) is 2.70. The van der Waals surface area contributed by atoms with Crippen LogP contribution in [0.25, 0.3) is 0 Å². The number of aromatic nitrogens is 2. The van der Waals surface area contributed by atoms with E-state index in [1.807, 2.05) is 6.92 Å². The fourth-order valence-electron chi connectivity index (χ4n) is 1.75. The van der Waals surface area contributed by atoms with E-state index in [0.29, 0.717) is 12.7 Å². The Hall–Kier alpha value is -1.20. The minimum Gasteiger partial charge on any atom is -0.381 e. The lowest BCUT2D eigenvalue weighted by atomic mass is 10.1. The van der Waals surface area contributed by atoms with Gasteiger partial charge in [0, 0.05) is 19.8 Å². The average molecular weight is 237 g/mol. The van der Waals surface area contributed by atoms with Crippen LogP contribution in [0.15, 0.2) is 12.4 Å². The van der Waals surface area contributed by atoms with E-state index in [1.54, 1.807) is 12.4 Å². The molecule has 94 valence electrons. The summed E-state index contributed by atoms with van der Waals surface area (Å²) in [6.45, 7) is 5.02. The van der Waals surface area contributed by atoms with Crippen molar-refractivity contribution in [1.82, 2.24) is 9.97 Å². The van der Waals surface area contributed by atoms with E-state index in [9.17, 15) is 0 Å². The lowest BCUT2D eigenvalue weighted by Crippen LogP contribution is -2.23. The molecule has 0 aliphatic carbocycles.